The van der Waals surface area contributed by atoms with Crippen LogP contribution in [0.2, 0.25) is 5.02 Å². The van der Waals surface area contributed by atoms with Gasteiger partial charge in [0.1, 0.15) is 23.1 Å². The fourth-order valence-electron chi connectivity index (χ4n) is 1.43. The Kier molecular flexibility index (Phi) is 4.19. The van der Waals surface area contributed by atoms with E-state index in [1.165, 1.54) is 24.3 Å². The molecule has 0 fully saturated rings. The molecule has 0 radical (unpaired) electrons. The largest absolute Gasteiger partial charge is 0.457 e. The Labute approximate surface area is 116 Å². The summed E-state index contributed by atoms with van der Waals surface area (Å²) in [6, 6.07) is 8.56. The van der Waals surface area contributed by atoms with E-state index in [9.17, 15) is 8.78 Å². The number of ether oxygens (including phenoxy) is 1. The van der Waals surface area contributed by atoms with Crippen LogP contribution in [0.25, 0.3) is 0 Å². The maximum absolute atomic E-state index is 13.5. The molecule has 0 atom stereocenters. The predicted octanol–water partition coefficient (Wildman–Crippen LogP) is 5.31. The molecule has 2 aromatic carbocycles. The summed E-state index contributed by atoms with van der Waals surface area (Å²) in [6.45, 7) is 0. The van der Waals surface area contributed by atoms with Gasteiger partial charge in [-0.05, 0) is 24.3 Å². The van der Waals surface area contributed by atoms with Crippen LogP contribution in [0.3, 0.4) is 0 Å². The highest BCUT2D eigenvalue weighted by molar-refractivity contribution is 9.08. The summed E-state index contributed by atoms with van der Waals surface area (Å²) in [7, 11) is 0. The van der Waals surface area contributed by atoms with Crippen LogP contribution in [0.1, 0.15) is 5.56 Å². The van der Waals surface area contributed by atoms with E-state index in [-0.39, 0.29) is 16.6 Å². The van der Waals surface area contributed by atoms with E-state index in [4.69, 9.17) is 16.3 Å². The normalized spacial score (nSPS) is 10.4. The van der Waals surface area contributed by atoms with Gasteiger partial charge in [0.15, 0.2) is 0 Å². The molecule has 0 aliphatic heterocycles. The van der Waals surface area contributed by atoms with Crippen molar-refractivity contribution in [2.45, 2.75) is 5.33 Å². The maximum atomic E-state index is 13.5. The van der Waals surface area contributed by atoms with Crippen LogP contribution in [0.5, 0.6) is 11.5 Å². The van der Waals surface area contributed by atoms with E-state index in [1.54, 1.807) is 6.07 Å². The lowest BCUT2D eigenvalue weighted by molar-refractivity contribution is 0.466. The second-order valence-corrected chi connectivity index (χ2v) is 4.50. The van der Waals surface area contributed by atoms with Crippen LogP contribution in [-0.2, 0) is 5.33 Å². The smallest absolute Gasteiger partial charge is 0.145 e. The highest BCUT2D eigenvalue weighted by atomic mass is 79.9. The number of benzene rings is 2. The van der Waals surface area contributed by atoms with Crippen molar-refractivity contribution in [1.29, 1.82) is 0 Å². The third-order valence-corrected chi connectivity index (χ3v) is 3.20. The first-order chi connectivity index (χ1) is 8.61. The number of rotatable bonds is 3. The first-order valence-corrected chi connectivity index (χ1v) is 6.58. The second-order valence-electron chi connectivity index (χ2n) is 3.53. The Balaban J connectivity index is 2.34. The van der Waals surface area contributed by atoms with Gasteiger partial charge in [-0.1, -0.05) is 33.6 Å². The Morgan fingerprint density at radius 2 is 1.89 bits per heavy atom. The first kappa shape index (κ1) is 13.3. The summed E-state index contributed by atoms with van der Waals surface area (Å²) in [4.78, 5) is 0. The van der Waals surface area contributed by atoms with Gasteiger partial charge in [0.05, 0.1) is 5.02 Å². The van der Waals surface area contributed by atoms with Crippen LogP contribution in [0.4, 0.5) is 8.78 Å². The molecule has 0 heterocycles. The molecule has 18 heavy (non-hydrogen) atoms. The van der Waals surface area contributed by atoms with Crippen LogP contribution < -0.4 is 4.74 Å². The topological polar surface area (TPSA) is 9.23 Å². The van der Waals surface area contributed by atoms with Crippen molar-refractivity contribution in [3.63, 3.8) is 0 Å². The van der Waals surface area contributed by atoms with Crippen molar-refractivity contribution in [2.24, 2.45) is 0 Å². The lowest BCUT2D eigenvalue weighted by atomic mass is 10.2. The van der Waals surface area contributed by atoms with Gasteiger partial charge in [0.2, 0.25) is 0 Å². The van der Waals surface area contributed by atoms with Crippen molar-refractivity contribution in [1.82, 2.24) is 0 Å². The zero-order valence-electron chi connectivity index (χ0n) is 9.09. The van der Waals surface area contributed by atoms with Crippen LogP contribution in [0, 0.1) is 11.6 Å². The molecule has 2 rings (SSSR count). The van der Waals surface area contributed by atoms with Crippen LogP contribution >= 0.6 is 27.5 Å². The summed E-state index contributed by atoms with van der Waals surface area (Å²) in [5.41, 5.74) is 0.382. The van der Waals surface area contributed by atoms with E-state index in [0.29, 0.717) is 16.6 Å². The van der Waals surface area contributed by atoms with Crippen LogP contribution in [-0.4, -0.2) is 0 Å². The predicted molar refractivity (Wildman–Crippen MR) is 70.5 cm³/mol. The third-order valence-electron chi connectivity index (χ3n) is 2.33. The van der Waals surface area contributed by atoms with E-state index in [0.717, 1.165) is 6.07 Å². The molecule has 0 aliphatic carbocycles. The molecule has 1 nitrogen and oxygen atoms in total. The molecular formula is C13H8BrClF2O. The zero-order chi connectivity index (χ0) is 13.1. The molecule has 0 N–H and O–H groups in total. The van der Waals surface area contributed by atoms with E-state index >= 15 is 0 Å². The SMILES string of the molecule is Fc1cc(Oc2cccc(F)c2CBr)ccc1Cl. The molecular weight excluding hydrogens is 325 g/mol. The Hall–Kier alpha value is -1.13. The van der Waals surface area contributed by atoms with Crippen molar-refractivity contribution in [3.05, 3.63) is 58.6 Å². The van der Waals surface area contributed by atoms with Gasteiger partial charge in [0.25, 0.3) is 0 Å². The van der Waals surface area contributed by atoms with Gasteiger partial charge in [-0.25, -0.2) is 8.78 Å². The minimum Gasteiger partial charge on any atom is -0.457 e. The molecule has 0 unspecified atom stereocenters. The third kappa shape index (κ3) is 2.82. The number of alkyl halides is 1. The number of halogens is 4. The fourth-order valence-corrected chi connectivity index (χ4v) is 2.09. The van der Waals surface area contributed by atoms with Gasteiger partial charge in [-0.15, -0.1) is 0 Å². The molecule has 0 spiro atoms. The summed E-state index contributed by atoms with van der Waals surface area (Å²) < 4.78 is 32.2. The minimum atomic E-state index is -0.578. The highest BCUT2D eigenvalue weighted by Crippen LogP contribution is 2.30. The van der Waals surface area contributed by atoms with Crippen molar-refractivity contribution >= 4 is 27.5 Å². The first-order valence-electron chi connectivity index (χ1n) is 5.08. The Morgan fingerprint density at radius 3 is 2.56 bits per heavy atom. The molecule has 0 saturated carbocycles. The molecule has 0 bridgehead atoms. The van der Waals surface area contributed by atoms with Gasteiger partial charge >= 0.3 is 0 Å². The zero-order valence-corrected chi connectivity index (χ0v) is 11.4. The molecule has 0 aliphatic rings. The summed E-state index contributed by atoms with van der Waals surface area (Å²) >= 11 is 8.75. The van der Waals surface area contributed by atoms with E-state index in [1.807, 2.05) is 0 Å². The average molecular weight is 334 g/mol. The summed E-state index contributed by atoms with van der Waals surface area (Å²) in [6.07, 6.45) is 0. The quantitative estimate of drug-likeness (QED) is 0.692. The molecule has 0 saturated heterocycles. The van der Waals surface area contributed by atoms with Crippen molar-refractivity contribution in [3.8, 4) is 11.5 Å². The van der Waals surface area contributed by atoms with Gasteiger partial charge in [-0.3, -0.25) is 0 Å². The van der Waals surface area contributed by atoms with Crippen LogP contribution in [0.15, 0.2) is 36.4 Å². The lowest BCUT2D eigenvalue weighted by Gasteiger charge is -2.10. The fraction of sp³-hybridized carbons (Fsp3) is 0.0769. The lowest BCUT2D eigenvalue weighted by Crippen LogP contribution is -1.93. The van der Waals surface area contributed by atoms with Gasteiger partial charge in [0, 0.05) is 17.0 Å². The molecule has 0 aromatic heterocycles. The Bertz CT molecular complexity index is 575. The van der Waals surface area contributed by atoms with E-state index < -0.39 is 5.82 Å². The second kappa shape index (κ2) is 5.67. The molecule has 2 aromatic rings. The number of hydrogen-bond acceptors (Lipinski definition) is 1. The molecule has 5 heteroatoms. The average Bonchev–Trinajstić information content (AvgIpc) is 2.34. The molecule has 0 amide bonds. The Morgan fingerprint density at radius 1 is 1.11 bits per heavy atom. The summed E-state index contributed by atoms with van der Waals surface area (Å²) in [5.74, 6) is -0.344. The summed E-state index contributed by atoms with van der Waals surface area (Å²) in [5, 5.41) is 0.327. The standard InChI is InChI=1S/C13H8BrClF2O/c14-7-9-11(16)2-1-3-13(9)18-8-4-5-10(15)12(17)6-8/h1-6H,7H2. The minimum absolute atomic E-state index is 0.0160. The molecule has 94 valence electrons. The van der Waals surface area contributed by atoms with Crippen molar-refractivity contribution < 1.29 is 13.5 Å². The van der Waals surface area contributed by atoms with E-state index in [2.05, 4.69) is 15.9 Å². The van der Waals surface area contributed by atoms with Gasteiger partial charge in [-0.2, -0.15) is 0 Å². The van der Waals surface area contributed by atoms with Gasteiger partial charge < -0.3 is 4.74 Å². The van der Waals surface area contributed by atoms with Crippen molar-refractivity contribution in [2.75, 3.05) is 0 Å². The number of hydrogen-bond donors (Lipinski definition) is 0. The maximum Gasteiger partial charge on any atom is 0.145 e. The highest BCUT2D eigenvalue weighted by Gasteiger charge is 2.10. The monoisotopic (exact) mass is 332 g/mol.